The summed E-state index contributed by atoms with van der Waals surface area (Å²) in [6.07, 6.45) is 5.11. The fourth-order valence-electron chi connectivity index (χ4n) is 3.59. The highest BCUT2D eigenvalue weighted by atomic mass is 16.5. The summed E-state index contributed by atoms with van der Waals surface area (Å²) in [6, 6.07) is 7.71. The summed E-state index contributed by atoms with van der Waals surface area (Å²) >= 11 is 0. The topological polar surface area (TPSA) is 58.1 Å². The summed E-state index contributed by atoms with van der Waals surface area (Å²) in [6.45, 7) is 9.75. The number of guanidine groups is 1. The molecule has 158 valence electrons. The van der Waals surface area contributed by atoms with Crippen LogP contribution in [0.15, 0.2) is 29.3 Å². The van der Waals surface area contributed by atoms with Gasteiger partial charge in [0.2, 0.25) is 0 Å². The fraction of sp³-hybridized carbons (Fsp3) is 0.682. The van der Waals surface area contributed by atoms with Crippen molar-refractivity contribution in [3.05, 3.63) is 24.3 Å². The number of nitrogens with one attached hydrogen (secondary N) is 2. The Bertz CT molecular complexity index is 594. The zero-order valence-electron chi connectivity index (χ0n) is 18.0. The Balaban J connectivity index is 1.60. The maximum atomic E-state index is 5.97. The van der Waals surface area contributed by atoms with Gasteiger partial charge < -0.3 is 25.0 Å². The monoisotopic (exact) mass is 390 g/mol. The molecule has 1 aliphatic rings. The second-order valence-corrected chi connectivity index (χ2v) is 7.71. The van der Waals surface area contributed by atoms with Crippen molar-refractivity contribution in [1.82, 2.24) is 15.5 Å². The first kappa shape index (κ1) is 22.3. The minimum atomic E-state index is -0.00376. The lowest BCUT2D eigenvalue weighted by Gasteiger charge is -2.30. The smallest absolute Gasteiger partial charge is 0.191 e. The standard InChI is InChI=1S/C22H38N4O2/c1-18-10-9-15-26(17-18)14-8-7-13-24-22(23-3)25-16-19(2)28-21-12-6-5-11-20(21)27-4/h5-6,11-12,18-19H,7-10,13-17H2,1-4H3,(H2,23,24,25). The van der Waals surface area contributed by atoms with Crippen molar-refractivity contribution in [2.75, 3.05) is 46.9 Å². The van der Waals surface area contributed by atoms with Crippen LogP contribution in [0.1, 0.15) is 39.5 Å². The van der Waals surface area contributed by atoms with Gasteiger partial charge in [-0.3, -0.25) is 4.99 Å². The molecule has 1 aromatic rings. The molecule has 1 aromatic carbocycles. The van der Waals surface area contributed by atoms with E-state index >= 15 is 0 Å². The molecule has 0 bridgehead atoms. The summed E-state index contributed by atoms with van der Waals surface area (Å²) in [4.78, 5) is 6.91. The third kappa shape index (κ3) is 7.97. The van der Waals surface area contributed by atoms with Gasteiger partial charge in [0.25, 0.3) is 0 Å². The number of likely N-dealkylation sites (tertiary alicyclic amines) is 1. The van der Waals surface area contributed by atoms with E-state index in [1.54, 1.807) is 14.2 Å². The Kier molecular flexibility index (Phi) is 9.97. The number of rotatable bonds is 10. The van der Waals surface area contributed by atoms with E-state index in [0.29, 0.717) is 6.54 Å². The normalized spacial score (nSPS) is 19.1. The highest BCUT2D eigenvalue weighted by Crippen LogP contribution is 2.26. The molecule has 6 nitrogen and oxygen atoms in total. The van der Waals surface area contributed by atoms with Crippen molar-refractivity contribution >= 4 is 5.96 Å². The quantitative estimate of drug-likeness (QED) is 0.365. The van der Waals surface area contributed by atoms with E-state index in [1.807, 2.05) is 31.2 Å². The lowest BCUT2D eigenvalue weighted by atomic mass is 10.0. The van der Waals surface area contributed by atoms with Gasteiger partial charge in [0.05, 0.1) is 13.7 Å². The van der Waals surface area contributed by atoms with Crippen molar-refractivity contribution in [2.45, 2.75) is 45.6 Å². The highest BCUT2D eigenvalue weighted by Gasteiger charge is 2.15. The van der Waals surface area contributed by atoms with Crippen LogP contribution in [0.25, 0.3) is 0 Å². The average molecular weight is 391 g/mol. The van der Waals surface area contributed by atoms with Crippen molar-refractivity contribution in [3.63, 3.8) is 0 Å². The third-order valence-electron chi connectivity index (χ3n) is 5.11. The van der Waals surface area contributed by atoms with Gasteiger partial charge >= 0.3 is 0 Å². The first-order chi connectivity index (χ1) is 13.6. The van der Waals surface area contributed by atoms with Crippen molar-refractivity contribution in [3.8, 4) is 11.5 Å². The number of hydrogen-bond acceptors (Lipinski definition) is 4. The number of para-hydroxylation sites is 2. The third-order valence-corrected chi connectivity index (χ3v) is 5.11. The molecule has 1 saturated heterocycles. The Morgan fingerprint density at radius 1 is 1.25 bits per heavy atom. The van der Waals surface area contributed by atoms with Gasteiger partial charge in [-0.05, 0) is 63.7 Å². The number of piperidine rings is 1. The maximum absolute atomic E-state index is 5.97. The van der Waals surface area contributed by atoms with Crippen LogP contribution in [0.4, 0.5) is 0 Å². The molecule has 6 heteroatoms. The molecule has 1 aliphatic heterocycles. The number of hydrogen-bond donors (Lipinski definition) is 2. The Hall–Kier alpha value is -1.95. The van der Waals surface area contributed by atoms with E-state index in [9.17, 15) is 0 Å². The minimum Gasteiger partial charge on any atom is -0.493 e. The van der Waals surface area contributed by atoms with Gasteiger partial charge in [-0.1, -0.05) is 19.1 Å². The lowest BCUT2D eigenvalue weighted by molar-refractivity contribution is 0.181. The second kappa shape index (κ2) is 12.5. The van der Waals surface area contributed by atoms with Crippen molar-refractivity contribution in [2.24, 2.45) is 10.9 Å². The number of ether oxygens (including phenoxy) is 2. The van der Waals surface area contributed by atoms with Gasteiger partial charge in [-0.25, -0.2) is 0 Å². The van der Waals surface area contributed by atoms with E-state index in [0.717, 1.165) is 36.3 Å². The maximum Gasteiger partial charge on any atom is 0.191 e. The summed E-state index contributed by atoms with van der Waals surface area (Å²) in [5.41, 5.74) is 0. The predicted molar refractivity (Wildman–Crippen MR) is 117 cm³/mol. The number of unbranched alkanes of at least 4 members (excludes halogenated alkanes) is 1. The second-order valence-electron chi connectivity index (χ2n) is 7.71. The molecular formula is C22H38N4O2. The minimum absolute atomic E-state index is 0.00376. The van der Waals surface area contributed by atoms with Crippen molar-refractivity contribution < 1.29 is 9.47 Å². The number of aliphatic imine (C=N–C) groups is 1. The Labute approximate surface area is 170 Å². The van der Waals surface area contributed by atoms with E-state index in [-0.39, 0.29) is 6.10 Å². The molecule has 2 atom stereocenters. The van der Waals surface area contributed by atoms with Crippen LogP contribution in [0.3, 0.4) is 0 Å². The van der Waals surface area contributed by atoms with E-state index in [2.05, 4.69) is 27.4 Å². The highest BCUT2D eigenvalue weighted by molar-refractivity contribution is 5.79. The summed E-state index contributed by atoms with van der Waals surface area (Å²) in [5, 5.41) is 6.73. The summed E-state index contributed by atoms with van der Waals surface area (Å²) in [7, 11) is 3.46. The first-order valence-corrected chi connectivity index (χ1v) is 10.6. The zero-order chi connectivity index (χ0) is 20.2. The molecule has 0 radical (unpaired) electrons. The Morgan fingerprint density at radius 3 is 2.75 bits per heavy atom. The molecule has 0 aromatic heterocycles. The molecule has 1 fully saturated rings. The van der Waals surface area contributed by atoms with Crippen LogP contribution in [0.5, 0.6) is 11.5 Å². The molecule has 2 rings (SSSR count). The van der Waals surface area contributed by atoms with Crippen LogP contribution < -0.4 is 20.1 Å². The lowest BCUT2D eigenvalue weighted by Crippen LogP contribution is -2.42. The van der Waals surface area contributed by atoms with Crippen LogP contribution in [0, 0.1) is 5.92 Å². The zero-order valence-corrected chi connectivity index (χ0v) is 18.0. The van der Waals surface area contributed by atoms with Crippen LogP contribution in [-0.2, 0) is 0 Å². The van der Waals surface area contributed by atoms with E-state index < -0.39 is 0 Å². The van der Waals surface area contributed by atoms with E-state index in [4.69, 9.17) is 9.47 Å². The van der Waals surface area contributed by atoms with Crippen LogP contribution in [-0.4, -0.2) is 63.8 Å². The molecule has 1 heterocycles. The largest absolute Gasteiger partial charge is 0.493 e. The molecule has 0 amide bonds. The molecule has 0 aliphatic carbocycles. The van der Waals surface area contributed by atoms with Gasteiger partial charge in [-0.15, -0.1) is 0 Å². The average Bonchev–Trinajstić information content (AvgIpc) is 2.70. The predicted octanol–water partition coefficient (Wildman–Crippen LogP) is 3.14. The number of benzene rings is 1. The van der Waals surface area contributed by atoms with E-state index in [1.165, 1.54) is 38.9 Å². The summed E-state index contributed by atoms with van der Waals surface area (Å²) < 4.78 is 11.3. The van der Waals surface area contributed by atoms with Gasteiger partial charge in [0, 0.05) is 20.1 Å². The molecule has 2 N–H and O–H groups in total. The molecule has 28 heavy (non-hydrogen) atoms. The molecular weight excluding hydrogens is 352 g/mol. The SMILES string of the molecule is CN=C(NCCCCN1CCCC(C)C1)NCC(C)Oc1ccccc1OC. The van der Waals surface area contributed by atoms with Gasteiger partial charge in [-0.2, -0.15) is 0 Å². The van der Waals surface area contributed by atoms with Crippen LogP contribution in [0.2, 0.25) is 0 Å². The Morgan fingerprint density at radius 2 is 2.04 bits per heavy atom. The fourth-order valence-corrected chi connectivity index (χ4v) is 3.59. The summed E-state index contributed by atoms with van der Waals surface area (Å²) in [5.74, 6) is 3.19. The molecule has 2 unspecified atom stereocenters. The van der Waals surface area contributed by atoms with Gasteiger partial charge in [0.15, 0.2) is 17.5 Å². The van der Waals surface area contributed by atoms with Crippen molar-refractivity contribution in [1.29, 1.82) is 0 Å². The van der Waals surface area contributed by atoms with Gasteiger partial charge in [0.1, 0.15) is 6.10 Å². The molecule has 0 saturated carbocycles. The number of nitrogens with zero attached hydrogens (tertiary/aromatic N) is 2. The molecule has 0 spiro atoms. The van der Waals surface area contributed by atoms with Crippen LogP contribution >= 0.6 is 0 Å². The number of methoxy groups -OCH3 is 1. The first-order valence-electron chi connectivity index (χ1n) is 10.6.